The van der Waals surface area contributed by atoms with E-state index in [-0.39, 0.29) is 6.04 Å². The van der Waals surface area contributed by atoms with Crippen LogP contribution in [0.25, 0.3) is 11.0 Å². The lowest BCUT2D eigenvalue weighted by molar-refractivity contribution is 0.331. The van der Waals surface area contributed by atoms with Crippen molar-refractivity contribution in [3.05, 3.63) is 34.5 Å². The fourth-order valence-corrected chi connectivity index (χ4v) is 3.70. The number of halogens is 1. The van der Waals surface area contributed by atoms with E-state index in [9.17, 15) is 0 Å². The molecule has 108 valence electrons. The summed E-state index contributed by atoms with van der Waals surface area (Å²) < 4.78 is 7.06. The zero-order chi connectivity index (χ0) is 14.1. The highest BCUT2D eigenvalue weighted by Gasteiger charge is 2.23. The number of nitrogens with one attached hydrogen (secondary N) is 1. The molecule has 3 heteroatoms. The minimum atomic E-state index is 0.261. The minimum absolute atomic E-state index is 0.261. The van der Waals surface area contributed by atoms with Crippen molar-refractivity contribution in [1.29, 1.82) is 0 Å². The maximum absolute atomic E-state index is 5.97. The van der Waals surface area contributed by atoms with Gasteiger partial charge < -0.3 is 9.73 Å². The lowest BCUT2D eigenvalue weighted by atomic mass is 9.99. The highest BCUT2D eigenvalue weighted by molar-refractivity contribution is 9.10. The summed E-state index contributed by atoms with van der Waals surface area (Å²) in [5.74, 6) is 1.86. The maximum Gasteiger partial charge on any atom is 0.134 e. The van der Waals surface area contributed by atoms with Crippen molar-refractivity contribution in [2.24, 2.45) is 5.92 Å². The first kappa shape index (κ1) is 14.2. The molecule has 1 aliphatic carbocycles. The van der Waals surface area contributed by atoms with Crippen molar-refractivity contribution in [2.45, 2.75) is 51.6 Å². The number of fused-ring (bicyclic) bond motifs is 1. The van der Waals surface area contributed by atoms with Gasteiger partial charge in [0, 0.05) is 15.9 Å². The molecular formula is C17H22BrNO. The molecule has 1 heterocycles. The van der Waals surface area contributed by atoms with Crippen molar-refractivity contribution in [3.63, 3.8) is 0 Å². The van der Waals surface area contributed by atoms with Crippen LogP contribution in [0.15, 0.2) is 33.2 Å². The Balaban J connectivity index is 1.72. The van der Waals surface area contributed by atoms with Crippen molar-refractivity contribution in [2.75, 3.05) is 0 Å². The molecule has 0 bridgehead atoms. The molecule has 1 aromatic carbocycles. The molecule has 2 atom stereocenters. The average Bonchev–Trinajstić information content (AvgIpc) is 3.07. The highest BCUT2D eigenvalue weighted by Crippen LogP contribution is 2.30. The van der Waals surface area contributed by atoms with Crippen molar-refractivity contribution in [1.82, 2.24) is 5.32 Å². The largest absolute Gasteiger partial charge is 0.459 e. The van der Waals surface area contributed by atoms with E-state index in [0.717, 1.165) is 27.1 Å². The Kier molecular flexibility index (Phi) is 4.18. The van der Waals surface area contributed by atoms with Crippen LogP contribution < -0.4 is 5.32 Å². The Labute approximate surface area is 129 Å². The summed E-state index contributed by atoms with van der Waals surface area (Å²) >= 11 is 3.51. The van der Waals surface area contributed by atoms with Gasteiger partial charge in [0.2, 0.25) is 0 Å². The van der Waals surface area contributed by atoms with Gasteiger partial charge >= 0.3 is 0 Å². The van der Waals surface area contributed by atoms with Crippen LogP contribution in [0.4, 0.5) is 0 Å². The molecular weight excluding hydrogens is 314 g/mol. The monoisotopic (exact) mass is 335 g/mol. The van der Waals surface area contributed by atoms with E-state index in [1.54, 1.807) is 0 Å². The first-order valence-electron chi connectivity index (χ1n) is 7.58. The standard InChI is InChI=1S/C17H22BrNO/c1-11(13-5-3-4-6-13)19-12(2)17-10-14-9-15(18)7-8-16(14)20-17/h7-13,19H,3-6H2,1-2H3. The van der Waals surface area contributed by atoms with Crippen LogP contribution in [0, 0.1) is 5.92 Å². The van der Waals surface area contributed by atoms with E-state index < -0.39 is 0 Å². The third-order valence-electron chi connectivity index (χ3n) is 4.54. The molecule has 1 N–H and O–H groups in total. The normalized spacial score (nSPS) is 19.6. The van der Waals surface area contributed by atoms with Gasteiger partial charge in [-0.2, -0.15) is 0 Å². The predicted molar refractivity (Wildman–Crippen MR) is 86.9 cm³/mol. The molecule has 20 heavy (non-hydrogen) atoms. The molecule has 1 aromatic heterocycles. The van der Waals surface area contributed by atoms with Crippen LogP contribution in [0.2, 0.25) is 0 Å². The second-order valence-electron chi connectivity index (χ2n) is 6.05. The zero-order valence-electron chi connectivity index (χ0n) is 12.2. The van der Waals surface area contributed by atoms with Gasteiger partial charge in [0.15, 0.2) is 0 Å². The first-order chi connectivity index (χ1) is 9.63. The van der Waals surface area contributed by atoms with E-state index in [1.165, 1.54) is 25.7 Å². The second-order valence-corrected chi connectivity index (χ2v) is 6.97. The molecule has 1 aliphatic rings. The Morgan fingerprint density at radius 2 is 1.95 bits per heavy atom. The number of hydrogen-bond acceptors (Lipinski definition) is 2. The summed E-state index contributed by atoms with van der Waals surface area (Å²) in [6.45, 7) is 4.50. The van der Waals surface area contributed by atoms with E-state index in [0.29, 0.717) is 6.04 Å². The quantitative estimate of drug-likeness (QED) is 0.806. The minimum Gasteiger partial charge on any atom is -0.459 e. The summed E-state index contributed by atoms with van der Waals surface area (Å²) in [5.41, 5.74) is 0.963. The van der Waals surface area contributed by atoms with Crippen LogP contribution in [0.3, 0.4) is 0 Å². The Morgan fingerprint density at radius 3 is 2.70 bits per heavy atom. The Bertz CT molecular complexity index is 586. The van der Waals surface area contributed by atoms with Gasteiger partial charge in [0.1, 0.15) is 11.3 Å². The van der Waals surface area contributed by atoms with Crippen LogP contribution in [0.5, 0.6) is 0 Å². The van der Waals surface area contributed by atoms with E-state index in [1.807, 2.05) is 12.1 Å². The summed E-state index contributed by atoms with van der Waals surface area (Å²) in [7, 11) is 0. The number of hydrogen-bond donors (Lipinski definition) is 1. The topological polar surface area (TPSA) is 25.2 Å². The van der Waals surface area contributed by atoms with Gasteiger partial charge in [-0.25, -0.2) is 0 Å². The Hall–Kier alpha value is -0.800. The number of benzene rings is 1. The van der Waals surface area contributed by atoms with Crippen LogP contribution >= 0.6 is 15.9 Å². The second kappa shape index (κ2) is 5.90. The molecule has 0 amide bonds. The Morgan fingerprint density at radius 1 is 1.20 bits per heavy atom. The molecule has 0 spiro atoms. The fourth-order valence-electron chi connectivity index (χ4n) is 3.32. The van der Waals surface area contributed by atoms with Crippen LogP contribution in [0.1, 0.15) is 51.3 Å². The molecule has 0 aliphatic heterocycles. The van der Waals surface area contributed by atoms with Gasteiger partial charge in [-0.05, 0) is 56.9 Å². The van der Waals surface area contributed by atoms with Gasteiger partial charge in [0.25, 0.3) is 0 Å². The van der Waals surface area contributed by atoms with Gasteiger partial charge in [-0.3, -0.25) is 0 Å². The third kappa shape index (κ3) is 2.94. The molecule has 3 rings (SSSR count). The average molecular weight is 336 g/mol. The van der Waals surface area contributed by atoms with E-state index in [2.05, 4.69) is 47.2 Å². The van der Waals surface area contributed by atoms with E-state index in [4.69, 9.17) is 4.42 Å². The van der Waals surface area contributed by atoms with Gasteiger partial charge in [-0.1, -0.05) is 28.8 Å². The molecule has 2 nitrogen and oxygen atoms in total. The molecule has 1 saturated carbocycles. The molecule has 0 saturated heterocycles. The summed E-state index contributed by atoms with van der Waals surface area (Å²) in [5, 5.41) is 4.87. The number of rotatable bonds is 4. The van der Waals surface area contributed by atoms with Crippen LogP contribution in [-0.4, -0.2) is 6.04 Å². The summed E-state index contributed by atoms with van der Waals surface area (Å²) in [6, 6.07) is 9.13. The summed E-state index contributed by atoms with van der Waals surface area (Å²) in [6.07, 6.45) is 5.52. The maximum atomic E-state index is 5.97. The number of furan rings is 1. The smallest absolute Gasteiger partial charge is 0.134 e. The van der Waals surface area contributed by atoms with Crippen molar-refractivity contribution >= 4 is 26.9 Å². The predicted octanol–water partition coefficient (Wildman–Crippen LogP) is 5.42. The van der Waals surface area contributed by atoms with Crippen LogP contribution in [-0.2, 0) is 0 Å². The molecule has 2 aromatic rings. The summed E-state index contributed by atoms with van der Waals surface area (Å²) in [4.78, 5) is 0. The molecule has 0 radical (unpaired) electrons. The van der Waals surface area contributed by atoms with E-state index >= 15 is 0 Å². The van der Waals surface area contributed by atoms with Crippen molar-refractivity contribution in [3.8, 4) is 0 Å². The molecule has 1 fully saturated rings. The molecule has 2 unspecified atom stereocenters. The van der Waals surface area contributed by atoms with Crippen molar-refractivity contribution < 1.29 is 4.42 Å². The highest BCUT2D eigenvalue weighted by atomic mass is 79.9. The zero-order valence-corrected chi connectivity index (χ0v) is 13.7. The van der Waals surface area contributed by atoms with Gasteiger partial charge in [-0.15, -0.1) is 0 Å². The first-order valence-corrected chi connectivity index (χ1v) is 8.38. The third-order valence-corrected chi connectivity index (χ3v) is 5.04. The SMILES string of the molecule is CC(NC(C)C1CCCC1)c1cc2cc(Br)ccc2o1. The lowest BCUT2D eigenvalue weighted by Gasteiger charge is -2.23. The fraction of sp³-hybridized carbons (Fsp3) is 0.529. The lowest BCUT2D eigenvalue weighted by Crippen LogP contribution is -2.34. The van der Waals surface area contributed by atoms with Gasteiger partial charge in [0.05, 0.1) is 6.04 Å².